The summed E-state index contributed by atoms with van der Waals surface area (Å²) in [6, 6.07) is 1.91. The van der Waals surface area contributed by atoms with Crippen molar-refractivity contribution in [3.63, 3.8) is 0 Å². The van der Waals surface area contributed by atoms with Crippen LogP contribution in [0.3, 0.4) is 0 Å². The van der Waals surface area contributed by atoms with Crippen molar-refractivity contribution in [3.05, 3.63) is 22.7 Å². The van der Waals surface area contributed by atoms with Gasteiger partial charge in [-0.15, -0.1) is 10.2 Å². The van der Waals surface area contributed by atoms with Gasteiger partial charge < -0.3 is 9.15 Å². The number of aromatic nitrogens is 2. The van der Waals surface area contributed by atoms with Crippen molar-refractivity contribution in [2.75, 3.05) is 7.11 Å². The molecular weight excluding hydrogens is 228 g/mol. The van der Waals surface area contributed by atoms with Crippen molar-refractivity contribution < 1.29 is 13.9 Å². The Balaban J connectivity index is 2.00. The number of carbonyl (C=O) groups excluding carboxylic acids is 1. The smallest absolute Gasteiger partial charge is 0.306 e. The number of rotatable bonds is 4. The van der Waals surface area contributed by atoms with Crippen LogP contribution < -0.4 is 0 Å². The number of aryl methyl sites for hydroxylation is 1. The van der Waals surface area contributed by atoms with E-state index in [0.29, 0.717) is 18.2 Å². The predicted molar refractivity (Wildman–Crippen MR) is 57.9 cm³/mol. The lowest BCUT2D eigenvalue weighted by atomic mass is 10.3. The highest BCUT2D eigenvalue weighted by Crippen LogP contribution is 2.20. The molecule has 0 aliphatic heterocycles. The number of methoxy groups -OCH3 is 1. The lowest BCUT2D eigenvalue weighted by Crippen LogP contribution is -2.01. The Morgan fingerprint density at radius 2 is 2.44 bits per heavy atom. The zero-order chi connectivity index (χ0) is 11.4. The van der Waals surface area contributed by atoms with Crippen LogP contribution in [0.2, 0.25) is 0 Å². The van der Waals surface area contributed by atoms with Crippen molar-refractivity contribution in [3.8, 4) is 11.5 Å². The Morgan fingerprint density at radius 1 is 1.56 bits per heavy atom. The van der Waals surface area contributed by atoms with E-state index in [2.05, 4.69) is 14.9 Å². The summed E-state index contributed by atoms with van der Waals surface area (Å²) in [7, 11) is 1.35. The quantitative estimate of drug-likeness (QED) is 0.761. The molecular formula is C10H10N2O3S. The molecule has 0 amide bonds. The average molecular weight is 238 g/mol. The summed E-state index contributed by atoms with van der Waals surface area (Å²) in [4.78, 5) is 10.9. The molecule has 2 rings (SSSR count). The van der Waals surface area contributed by atoms with Crippen LogP contribution in [0.15, 0.2) is 21.2 Å². The summed E-state index contributed by atoms with van der Waals surface area (Å²) in [5.74, 6) is 0.656. The average Bonchev–Trinajstić information content (AvgIpc) is 2.95. The lowest BCUT2D eigenvalue weighted by molar-refractivity contribution is -0.140. The standard InChI is InChI=1S/C10H10N2O3S/c1-14-9(13)3-2-8-11-12-10(15-8)7-4-5-16-6-7/h4-6H,2-3H2,1H3. The second-order valence-electron chi connectivity index (χ2n) is 3.09. The number of esters is 1. The van der Waals surface area contributed by atoms with Crippen LogP contribution in [0.1, 0.15) is 12.3 Å². The van der Waals surface area contributed by atoms with E-state index in [1.807, 2.05) is 16.8 Å². The fourth-order valence-electron chi connectivity index (χ4n) is 1.17. The van der Waals surface area contributed by atoms with Crippen LogP contribution in [0.25, 0.3) is 11.5 Å². The SMILES string of the molecule is COC(=O)CCc1nnc(-c2ccsc2)o1. The Bertz CT molecular complexity index is 464. The topological polar surface area (TPSA) is 65.2 Å². The Labute approximate surface area is 96.1 Å². The first-order valence-electron chi connectivity index (χ1n) is 4.71. The number of carbonyl (C=O) groups is 1. The van der Waals surface area contributed by atoms with Crippen LogP contribution in [0.5, 0.6) is 0 Å². The van der Waals surface area contributed by atoms with E-state index in [-0.39, 0.29) is 12.4 Å². The molecule has 0 aliphatic carbocycles. The van der Waals surface area contributed by atoms with Crippen molar-refractivity contribution in [2.45, 2.75) is 12.8 Å². The van der Waals surface area contributed by atoms with Gasteiger partial charge in [-0.2, -0.15) is 11.3 Å². The van der Waals surface area contributed by atoms with E-state index in [0.717, 1.165) is 5.56 Å². The number of ether oxygens (including phenoxy) is 1. The minimum atomic E-state index is -0.282. The number of nitrogens with zero attached hydrogens (tertiary/aromatic N) is 2. The van der Waals surface area contributed by atoms with E-state index < -0.39 is 0 Å². The first kappa shape index (κ1) is 10.8. The number of thiophene rings is 1. The Hall–Kier alpha value is -1.69. The van der Waals surface area contributed by atoms with Crippen molar-refractivity contribution in [1.29, 1.82) is 0 Å². The monoisotopic (exact) mass is 238 g/mol. The molecule has 2 aromatic rings. The van der Waals surface area contributed by atoms with Gasteiger partial charge >= 0.3 is 5.97 Å². The van der Waals surface area contributed by atoms with Crippen molar-refractivity contribution in [1.82, 2.24) is 10.2 Å². The van der Waals surface area contributed by atoms with Crippen LogP contribution in [0, 0.1) is 0 Å². The molecule has 0 aromatic carbocycles. The van der Waals surface area contributed by atoms with Gasteiger partial charge in [0.1, 0.15) is 0 Å². The molecule has 2 heterocycles. The first-order chi connectivity index (χ1) is 7.79. The van der Waals surface area contributed by atoms with E-state index in [1.165, 1.54) is 7.11 Å². The third-order valence-corrected chi connectivity index (χ3v) is 2.69. The minimum Gasteiger partial charge on any atom is -0.469 e. The summed E-state index contributed by atoms with van der Waals surface area (Å²) >= 11 is 1.56. The molecule has 0 atom stereocenters. The fraction of sp³-hybridized carbons (Fsp3) is 0.300. The van der Waals surface area contributed by atoms with Gasteiger partial charge in [0.25, 0.3) is 0 Å². The Morgan fingerprint density at radius 3 is 3.12 bits per heavy atom. The maximum absolute atomic E-state index is 10.9. The molecule has 0 saturated carbocycles. The van der Waals surface area contributed by atoms with E-state index in [4.69, 9.17) is 4.42 Å². The molecule has 84 valence electrons. The molecule has 0 saturated heterocycles. The van der Waals surface area contributed by atoms with Crippen molar-refractivity contribution in [2.24, 2.45) is 0 Å². The van der Waals surface area contributed by atoms with Crippen molar-refractivity contribution >= 4 is 17.3 Å². The van der Waals surface area contributed by atoms with Gasteiger partial charge in [0.05, 0.1) is 13.5 Å². The minimum absolute atomic E-state index is 0.252. The van der Waals surface area contributed by atoms with E-state index in [9.17, 15) is 4.79 Å². The van der Waals surface area contributed by atoms with Crippen LogP contribution in [-0.4, -0.2) is 23.3 Å². The van der Waals surface area contributed by atoms with Gasteiger partial charge in [0.2, 0.25) is 11.8 Å². The molecule has 0 unspecified atom stereocenters. The molecule has 0 bridgehead atoms. The third-order valence-electron chi connectivity index (χ3n) is 2.01. The summed E-state index contributed by atoms with van der Waals surface area (Å²) in [6.45, 7) is 0. The molecule has 5 nitrogen and oxygen atoms in total. The lowest BCUT2D eigenvalue weighted by Gasteiger charge is -1.94. The highest BCUT2D eigenvalue weighted by molar-refractivity contribution is 7.08. The molecule has 0 N–H and O–H groups in total. The fourth-order valence-corrected chi connectivity index (χ4v) is 1.80. The van der Waals surface area contributed by atoms with E-state index in [1.54, 1.807) is 11.3 Å². The van der Waals surface area contributed by atoms with Gasteiger partial charge in [0, 0.05) is 17.4 Å². The molecule has 0 spiro atoms. The predicted octanol–water partition coefficient (Wildman–Crippen LogP) is 1.90. The van der Waals surface area contributed by atoms with Gasteiger partial charge in [-0.25, -0.2) is 0 Å². The highest BCUT2D eigenvalue weighted by Gasteiger charge is 2.10. The first-order valence-corrected chi connectivity index (χ1v) is 5.65. The molecule has 0 fully saturated rings. The second-order valence-corrected chi connectivity index (χ2v) is 3.87. The molecule has 2 aromatic heterocycles. The highest BCUT2D eigenvalue weighted by atomic mass is 32.1. The second kappa shape index (κ2) is 4.89. The normalized spacial score (nSPS) is 10.3. The summed E-state index contributed by atoms with van der Waals surface area (Å²) < 4.78 is 9.92. The number of hydrogen-bond acceptors (Lipinski definition) is 6. The van der Waals surface area contributed by atoms with Crippen LogP contribution >= 0.6 is 11.3 Å². The summed E-state index contributed by atoms with van der Waals surface area (Å²) in [5, 5.41) is 11.6. The molecule has 16 heavy (non-hydrogen) atoms. The summed E-state index contributed by atoms with van der Waals surface area (Å²) in [6.07, 6.45) is 0.658. The molecule has 0 radical (unpaired) electrons. The zero-order valence-electron chi connectivity index (χ0n) is 8.67. The van der Waals surface area contributed by atoms with E-state index >= 15 is 0 Å². The van der Waals surface area contributed by atoms with Gasteiger partial charge in [0.15, 0.2) is 0 Å². The van der Waals surface area contributed by atoms with Gasteiger partial charge in [-0.3, -0.25) is 4.79 Å². The maximum Gasteiger partial charge on any atom is 0.306 e. The largest absolute Gasteiger partial charge is 0.469 e. The maximum atomic E-state index is 10.9. The summed E-state index contributed by atoms with van der Waals surface area (Å²) in [5.41, 5.74) is 0.904. The van der Waals surface area contributed by atoms with Gasteiger partial charge in [-0.1, -0.05) is 0 Å². The third kappa shape index (κ3) is 2.46. The Kier molecular flexibility index (Phi) is 3.31. The van der Waals surface area contributed by atoms with Gasteiger partial charge in [-0.05, 0) is 11.4 Å². The molecule has 0 aliphatic rings. The van der Waals surface area contributed by atoms with Crippen LogP contribution in [0.4, 0.5) is 0 Å². The zero-order valence-corrected chi connectivity index (χ0v) is 9.49. The molecule has 6 heteroatoms. The van der Waals surface area contributed by atoms with Crippen LogP contribution in [-0.2, 0) is 16.0 Å². The number of hydrogen-bond donors (Lipinski definition) is 0.